The Morgan fingerprint density at radius 2 is 2.06 bits per heavy atom. The van der Waals surface area contributed by atoms with Crippen LogP contribution in [-0.4, -0.2) is 29.0 Å². The molecule has 0 aliphatic rings. The summed E-state index contributed by atoms with van der Waals surface area (Å²) < 4.78 is 7.53. The standard InChI is InChI=1S/C14H27N3O/c1-12(2)5-7-18-8-6-17-11-14(10-16-17)9-15-13(3)4/h10-13,15H,5-9H2,1-4H3. The van der Waals surface area contributed by atoms with Gasteiger partial charge in [-0.05, 0) is 12.3 Å². The van der Waals surface area contributed by atoms with Gasteiger partial charge in [-0.15, -0.1) is 0 Å². The fraction of sp³-hybridized carbons (Fsp3) is 0.786. The van der Waals surface area contributed by atoms with Crippen LogP contribution >= 0.6 is 0 Å². The summed E-state index contributed by atoms with van der Waals surface area (Å²) in [5.41, 5.74) is 1.23. The van der Waals surface area contributed by atoms with Gasteiger partial charge in [0.1, 0.15) is 0 Å². The van der Waals surface area contributed by atoms with E-state index in [2.05, 4.69) is 44.3 Å². The molecule has 0 spiro atoms. The summed E-state index contributed by atoms with van der Waals surface area (Å²) in [6, 6.07) is 0.507. The average molecular weight is 253 g/mol. The molecule has 0 aliphatic heterocycles. The van der Waals surface area contributed by atoms with Crippen LogP contribution in [0.1, 0.15) is 39.7 Å². The van der Waals surface area contributed by atoms with Crippen LogP contribution in [0.3, 0.4) is 0 Å². The van der Waals surface area contributed by atoms with Crippen LogP contribution in [-0.2, 0) is 17.8 Å². The van der Waals surface area contributed by atoms with Crippen molar-refractivity contribution in [3.63, 3.8) is 0 Å². The average Bonchev–Trinajstić information content (AvgIpc) is 2.73. The maximum Gasteiger partial charge on any atom is 0.0662 e. The number of hydrogen-bond acceptors (Lipinski definition) is 3. The first-order chi connectivity index (χ1) is 8.58. The minimum Gasteiger partial charge on any atom is -0.380 e. The highest BCUT2D eigenvalue weighted by molar-refractivity contribution is 5.03. The van der Waals surface area contributed by atoms with Crippen LogP contribution in [0.25, 0.3) is 0 Å². The summed E-state index contributed by atoms with van der Waals surface area (Å²) in [4.78, 5) is 0. The molecule has 18 heavy (non-hydrogen) atoms. The van der Waals surface area contributed by atoms with E-state index in [0.29, 0.717) is 12.0 Å². The molecular weight excluding hydrogens is 226 g/mol. The molecule has 0 radical (unpaired) electrons. The first kappa shape index (κ1) is 15.2. The molecule has 0 bridgehead atoms. The molecule has 4 nitrogen and oxygen atoms in total. The molecule has 1 N–H and O–H groups in total. The van der Waals surface area contributed by atoms with E-state index in [-0.39, 0.29) is 0 Å². The highest BCUT2D eigenvalue weighted by Crippen LogP contribution is 2.00. The van der Waals surface area contributed by atoms with Crippen molar-refractivity contribution in [3.05, 3.63) is 18.0 Å². The van der Waals surface area contributed by atoms with Gasteiger partial charge < -0.3 is 10.1 Å². The van der Waals surface area contributed by atoms with Gasteiger partial charge in [0.25, 0.3) is 0 Å². The molecule has 1 aromatic heterocycles. The first-order valence-electron chi connectivity index (χ1n) is 6.90. The Hall–Kier alpha value is -0.870. The zero-order valence-corrected chi connectivity index (χ0v) is 12.1. The molecule has 1 rings (SSSR count). The maximum absolute atomic E-state index is 5.58. The Labute approximate surface area is 111 Å². The van der Waals surface area contributed by atoms with Crippen LogP contribution in [0.5, 0.6) is 0 Å². The summed E-state index contributed by atoms with van der Waals surface area (Å²) in [6.07, 6.45) is 5.13. The maximum atomic E-state index is 5.58. The number of nitrogens with one attached hydrogen (secondary N) is 1. The minimum atomic E-state index is 0.507. The van der Waals surface area contributed by atoms with E-state index in [4.69, 9.17) is 4.74 Å². The summed E-state index contributed by atoms with van der Waals surface area (Å²) in [7, 11) is 0. The summed E-state index contributed by atoms with van der Waals surface area (Å²) in [5.74, 6) is 0.711. The van der Waals surface area contributed by atoms with Gasteiger partial charge in [-0.1, -0.05) is 27.7 Å². The van der Waals surface area contributed by atoms with E-state index in [1.54, 1.807) is 0 Å². The lowest BCUT2D eigenvalue weighted by Crippen LogP contribution is -2.21. The number of rotatable bonds is 9. The molecule has 1 heterocycles. The molecule has 0 saturated carbocycles. The molecule has 0 fully saturated rings. The van der Waals surface area contributed by atoms with Crippen LogP contribution in [0.2, 0.25) is 0 Å². The molecule has 0 aliphatic carbocycles. The van der Waals surface area contributed by atoms with Crippen molar-refractivity contribution in [1.29, 1.82) is 0 Å². The summed E-state index contributed by atoms with van der Waals surface area (Å²) in [6.45, 7) is 12.0. The monoisotopic (exact) mass is 253 g/mol. The van der Waals surface area contributed by atoms with Gasteiger partial charge >= 0.3 is 0 Å². The molecular formula is C14H27N3O. The van der Waals surface area contributed by atoms with Gasteiger partial charge in [0.05, 0.1) is 19.3 Å². The second-order valence-electron chi connectivity index (χ2n) is 5.44. The smallest absolute Gasteiger partial charge is 0.0662 e. The highest BCUT2D eigenvalue weighted by atomic mass is 16.5. The molecule has 0 amide bonds. The van der Waals surface area contributed by atoms with Gasteiger partial charge in [0.2, 0.25) is 0 Å². The van der Waals surface area contributed by atoms with E-state index in [1.165, 1.54) is 5.56 Å². The number of nitrogens with zero attached hydrogens (tertiary/aromatic N) is 2. The first-order valence-corrected chi connectivity index (χ1v) is 6.90. The fourth-order valence-electron chi connectivity index (χ4n) is 1.52. The van der Waals surface area contributed by atoms with Crippen LogP contribution in [0.4, 0.5) is 0 Å². The van der Waals surface area contributed by atoms with Crippen molar-refractivity contribution in [2.75, 3.05) is 13.2 Å². The quantitative estimate of drug-likeness (QED) is 0.687. The number of ether oxygens (including phenoxy) is 1. The predicted octanol–water partition coefficient (Wildman–Crippen LogP) is 2.44. The lowest BCUT2D eigenvalue weighted by atomic mass is 10.1. The molecule has 4 heteroatoms. The van der Waals surface area contributed by atoms with Crippen molar-refractivity contribution >= 4 is 0 Å². The fourth-order valence-corrected chi connectivity index (χ4v) is 1.52. The third-order valence-electron chi connectivity index (χ3n) is 2.71. The van der Waals surface area contributed by atoms with Gasteiger partial charge in [0.15, 0.2) is 0 Å². The molecule has 0 atom stereocenters. The normalized spacial score (nSPS) is 11.7. The number of hydrogen-bond donors (Lipinski definition) is 1. The summed E-state index contributed by atoms with van der Waals surface area (Å²) in [5, 5.41) is 7.70. The zero-order chi connectivity index (χ0) is 13.4. The van der Waals surface area contributed by atoms with Crippen molar-refractivity contribution in [3.8, 4) is 0 Å². The molecule has 0 unspecified atom stereocenters. The Kier molecular flexibility index (Phi) is 6.98. The third-order valence-corrected chi connectivity index (χ3v) is 2.71. The van der Waals surface area contributed by atoms with Gasteiger partial charge in [-0.2, -0.15) is 5.10 Å². The van der Waals surface area contributed by atoms with E-state index in [1.807, 2.05) is 10.9 Å². The van der Waals surface area contributed by atoms with Crippen LogP contribution < -0.4 is 5.32 Å². The lowest BCUT2D eigenvalue weighted by Gasteiger charge is -2.06. The second-order valence-corrected chi connectivity index (χ2v) is 5.44. The van der Waals surface area contributed by atoms with Gasteiger partial charge in [-0.25, -0.2) is 0 Å². The van der Waals surface area contributed by atoms with Crippen molar-refractivity contribution in [1.82, 2.24) is 15.1 Å². The Morgan fingerprint density at radius 1 is 1.28 bits per heavy atom. The van der Waals surface area contributed by atoms with Crippen LogP contribution in [0.15, 0.2) is 12.4 Å². The largest absolute Gasteiger partial charge is 0.380 e. The van der Waals surface area contributed by atoms with Crippen molar-refractivity contribution < 1.29 is 4.74 Å². The Bertz CT molecular complexity index is 321. The highest BCUT2D eigenvalue weighted by Gasteiger charge is 2.00. The van der Waals surface area contributed by atoms with Gasteiger partial charge in [-0.3, -0.25) is 4.68 Å². The van der Waals surface area contributed by atoms with E-state index in [9.17, 15) is 0 Å². The molecule has 1 aromatic rings. The Morgan fingerprint density at radius 3 is 2.72 bits per heavy atom. The van der Waals surface area contributed by atoms with Crippen LogP contribution in [0, 0.1) is 5.92 Å². The zero-order valence-electron chi connectivity index (χ0n) is 12.1. The predicted molar refractivity (Wildman–Crippen MR) is 74.5 cm³/mol. The topological polar surface area (TPSA) is 39.1 Å². The van der Waals surface area contributed by atoms with Crippen molar-refractivity contribution in [2.45, 2.75) is 53.2 Å². The van der Waals surface area contributed by atoms with Gasteiger partial charge in [0, 0.05) is 31.0 Å². The SMILES string of the molecule is CC(C)CCOCCn1cc(CNC(C)C)cn1. The summed E-state index contributed by atoms with van der Waals surface area (Å²) >= 11 is 0. The third kappa shape index (κ3) is 6.77. The molecule has 0 aromatic carbocycles. The van der Waals surface area contributed by atoms with E-state index in [0.717, 1.165) is 32.7 Å². The Balaban J connectivity index is 2.15. The minimum absolute atomic E-state index is 0.507. The van der Waals surface area contributed by atoms with Crippen molar-refractivity contribution in [2.24, 2.45) is 5.92 Å². The lowest BCUT2D eigenvalue weighted by molar-refractivity contribution is 0.114. The second kappa shape index (κ2) is 8.27. The molecule has 0 saturated heterocycles. The molecule has 104 valence electrons. The van der Waals surface area contributed by atoms with E-state index < -0.39 is 0 Å². The van der Waals surface area contributed by atoms with E-state index >= 15 is 0 Å². The number of aromatic nitrogens is 2.